The van der Waals surface area contributed by atoms with E-state index in [4.69, 9.17) is 0 Å². The molecule has 2 fully saturated rings. The number of aromatic nitrogens is 2. The van der Waals surface area contributed by atoms with Gasteiger partial charge in [0.05, 0.1) is 12.2 Å². The topological polar surface area (TPSA) is 90.1 Å². The Hall–Kier alpha value is -1.89. The van der Waals surface area contributed by atoms with Gasteiger partial charge in [0, 0.05) is 24.2 Å². The van der Waals surface area contributed by atoms with Crippen molar-refractivity contribution < 1.29 is 4.79 Å². The normalized spacial score (nSPS) is 23.3. The van der Waals surface area contributed by atoms with E-state index in [0.29, 0.717) is 11.6 Å². The summed E-state index contributed by atoms with van der Waals surface area (Å²) < 4.78 is 0. The first-order valence-electron chi connectivity index (χ1n) is 9.51. The number of urea groups is 1. The fraction of sp³-hybridized carbons (Fsp3) is 0.722. The van der Waals surface area contributed by atoms with Crippen LogP contribution < -0.4 is 16.2 Å². The van der Waals surface area contributed by atoms with Crippen molar-refractivity contribution in [1.82, 2.24) is 25.7 Å². The number of nitrogens with zero attached hydrogens (tertiary/aromatic N) is 2. The van der Waals surface area contributed by atoms with E-state index in [-0.39, 0.29) is 24.2 Å². The van der Waals surface area contributed by atoms with Crippen LogP contribution in [0.4, 0.5) is 4.79 Å². The molecule has 1 aromatic rings. The zero-order chi connectivity index (χ0) is 17.8. The van der Waals surface area contributed by atoms with Crippen molar-refractivity contribution >= 4 is 6.03 Å². The first-order valence-corrected chi connectivity index (χ1v) is 9.51. The Morgan fingerprint density at radius 1 is 1.20 bits per heavy atom. The van der Waals surface area contributed by atoms with Gasteiger partial charge in [-0.05, 0) is 44.2 Å². The summed E-state index contributed by atoms with van der Waals surface area (Å²) in [5, 5.41) is 12.6. The molecule has 2 aliphatic heterocycles. The molecule has 7 nitrogen and oxygen atoms in total. The summed E-state index contributed by atoms with van der Waals surface area (Å²) in [6.07, 6.45) is 6.17. The molecule has 3 N–H and O–H groups in total. The van der Waals surface area contributed by atoms with E-state index in [1.165, 1.54) is 12.8 Å². The minimum atomic E-state index is -0.214. The lowest BCUT2D eigenvalue weighted by molar-refractivity contribution is 0.179. The smallest absolute Gasteiger partial charge is 0.315 e. The second kappa shape index (κ2) is 7.99. The summed E-state index contributed by atoms with van der Waals surface area (Å²) in [4.78, 5) is 26.9. The van der Waals surface area contributed by atoms with Crippen molar-refractivity contribution in [2.24, 2.45) is 0 Å². The van der Waals surface area contributed by atoms with Gasteiger partial charge in [-0.2, -0.15) is 5.10 Å². The van der Waals surface area contributed by atoms with Crippen molar-refractivity contribution in [3.63, 3.8) is 0 Å². The highest BCUT2D eigenvalue weighted by atomic mass is 16.2. The minimum absolute atomic E-state index is 0.186. The van der Waals surface area contributed by atoms with Gasteiger partial charge >= 0.3 is 6.03 Å². The first kappa shape index (κ1) is 17.9. The van der Waals surface area contributed by atoms with Crippen molar-refractivity contribution in [3.05, 3.63) is 27.2 Å². The van der Waals surface area contributed by atoms with Gasteiger partial charge in [0.1, 0.15) is 0 Å². The molecule has 7 heteroatoms. The molecule has 0 aromatic carbocycles. The minimum Gasteiger partial charge on any atom is -0.334 e. The molecule has 3 heterocycles. The molecule has 0 unspecified atom stereocenters. The van der Waals surface area contributed by atoms with Crippen LogP contribution in [0.3, 0.4) is 0 Å². The molecule has 2 atom stereocenters. The Morgan fingerprint density at radius 3 is 2.80 bits per heavy atom. The molecular weight excluding hydrogens is 318 g/mol. The number of H-pyrrole nitrogens is 1. The Kier molecular flexibility index (Phi) is 5.73. The van der Waals surface area contributed by atoms with Crippen LogP contribution in [0, 0.1) is 0 Å². The molecule has 2 aliphatic rings. The number of hydrogen-bond donors (Lipinski definition) is 3. The summed E-state index contributed by atoms with van der Waals surface area (Å²) in [6.45, 7) is 6.48. The molecule has 0 saturated carbocycles. The van der Waals surface area contributed by atoms with E-state index >= 15 is 0 Å². The number of rotatable bonds is 5. The Balaban J connectivity index is 1.60. The van der Waals surface area contributed by atoms with Crippen molar-refractivity contribution in [2.75, 3.05) is 13.1 Å². The molecule has 0 radical (unpaired) electrons. The number of nitrogens with one attached hydrogen (secondary N) is 3. The van der Waals surface area contributed by atoms with Crippen molar-refractivity contribution in [2.45, 2.75) is 71.0 Å². The van der Waals surface area contributed by atoms with Crippen LogP contribution in [-0.2, 0) is 19.4 Å². The number of hydrogen-bond acceptors (Lipinski definition) is 4. The lowest BCUT2D eigenvalue weighted by Gasteiger charge is -2.32. The molecule has 25 heavy (non-hydrogen) atoms. The lowest BCUT2D eigenvalue weighted by Crippen LogP contribution is -2.49. The second-order valence-corrected chi connectivity index (χ2v) is 6.98. The summed E-state index contributed by atoms with van der Waals surface area (Å²) in [5.74, 6) is 0. The third kappa shape index (κ3) is 3.86. The Morgan fingerprint density at radius 2 is 2.04 bits per heavy atom. The molecular formula is C18H29N5O2. The third-order valence-electron chi connectivity index (χ3n) is 5.57. The van der Waals surface area contributed by atoms with Gasteiger partial charge in [-0.1, -0.05) is 20.3 Å². The molecule has 3 rings (SSSR count). The van der Waals surface area contributed by atoms with Crippen LogP contribution in [-0.4, -0.2) is 46.3 Å². The van der Waals surface area contributed by atoms with E-state index in [0.717, 1.165) is 50.0 Å². The molecule has 2 saturated heterocycles. The summed E-state index contributed by atoms with van der Waals surface area (Å²) >= 11 is 0. The van der Waals surface area contributed by atoms with Gasteiger partial charge in [0.2, 0.25) is 0 Å². The van der Waals surface area contributed by atoms with Crippen LogP contribution in [0.2, 0.25) is 0 Å². The highest BCUT2D eigenvalue weighted by Gasteiger charge is 2.36. The van der Waals surface area contributed by atoms with Crippen LogP contribution in [0.25, 0.3) is 0 Å². The monoisotopic (exact) mass is 347 g/mol. The van der Waals surface area contributed by atoms with Crippen molar-refractivity contribution in [3.8, 4) is 0 Å². The number of amides is 2. The molecule has 0 aliphatic carbocycles. The average molecular weight is 347 g/mol. The van der Waals surface area contributed by atoms with Gasteiger partial charge in [0.15, 0.2) is 0 Å². The largest absolute Gasteiger partial charge is 0.334 e. The molecule has 1 aromatic heterocycles. The number of aromatic amines is 1. The standard InChI is InChI=1S/C18H29N5O2/c1-3-12-13(17(24)22-21-14(12)4-2)11-19-18(25)20-15-8-10-23-9-6-5-7-16(15)23/h15-16H,3-11H2,1-2H3,(H,22,24)(H2,19,20,25)/t15-,16+/m0/s1. The predicted octanol–water partition coefficient (Wildman–Crippen LogP) is 1.32. The number of aryl methyl sites for hydroxylation is 1. The van der Waals surface area contributed by atoms with Crippen LogP contribution in [0.15, 0.2) is 4.79 Å². The summed E-state index contributed by atoms with van der Waals surface area (Å²) in [6, 6.07) is 0.503. The SMILES string of the molecule is CCc1n[nH]c(=O)c(CNC(=O)N[C@H]2CCN3CCCC[C@H]23)c1CC. The number of piperidine rings is 1. The molecule has 0 spiro atoms. The van der Waals surface area contributed by atoms with Gasteiger partial charge < -0.3 is 10.6 Å². The zero-order valence-electron chi connectivity index (χ0n) is 15.2. The number of carbonyl (C=O) groups is 1. The average Bonchev–Trinajstić information content (AvgIpc) is 3.03. The predicted molar refractivity (Wildman–Crippen MR) is 96.6 cm³/mol. The number of fused-ring (bicyclic) bond motifs is 1. The lowest BCUT2D eigenvalue weighted by atomic mass is 9.99. The highest BCUT2D eigenvalue weighted by molar-refractivity contribution is 5.74. The third-order valence-corrected chi connectivity index (χ3v) is 5.57. The molecule has 2 amide bonds. The maximum atomic E-state index is 12.3. The van der Waals surface area contributed by atoms with E-state index in [9.17, 15) is 9.59 Å². The van der Waals surface area contributed by atoms with E-state index in [1.54, 1.807) is 0 Å². The maximum Gasteiger partial charge on any atom is 0.315 e. The van der Waals surface area contributed by atoms with E-state index in [2.05, 4.69) is 25.7 Å². The molecule has 138 valence electrons. The first-order chi connectivity index (χ1) is 12.1. The molecule has 0 bridgehead atoms. The van der Waals surface area contributed by atoms with Crippen LogP contribution >= 0.6 is 0 Å². The summed E-state index contributed by atoms with van der Waals surface area (Å²) in [5.41, 5.74) is 2.25. The van der Waals surface area contributed by atoms with Crippen LogP contribution in [0.5, 0.6) is 0 Å². The quantitative estimate of drug-likeness (QED) is 0.749. The van der Waals surface area contributed by atoms with Gasteiger partial charge in [-0.25, -0.2) is 9.89 Å². The fourth-order valence-electron chi connectivity index (χ4n) is 4.27. The zero-order valence-corrected chi connectivity index (χ0v) is 15.2. The van der Waals surface area contributed by atoms with Crippen molar-refractivity contribution in [1.29, 1.82) is 0 Å². The fourth-order valence-corrected chi connectivity index (χ4v) is 4.27. The number of carbonyl (C=O) groups excluding carboxylic acids is 1. The Labute approximate surface area is 148 Å². The van der Waals surface area contributed by atoms with Crippen LogP contribution in [0.1, 0.15) is 56.4 Å². The summed E-state index contributed by atoms with van der Waals surface area (Å²) in [7, 11) is 0. The maximum absolute atomic E-state index is 12.3. The van der Waals surface area contributed by atoms with Gasteiger partial charge in [-0.3, -0.25) is 9.69 Å². The van der Waals surface area contributed by atoms with Gasteiger partial charge in [-0.15, -0.1) is 0 Å². The Bertz CT molecular complexity index is 672. The second-order valence-electron chi connectivity index (χ2n) is 6.98. The highest BCUT2D eigenvalue weighted by Crippen LogP contribution is 2.27. The van der Waals surface area contributed by atoms with E-state index in [1.807, 2.05) is 13.8 Å². The van der Waals surface area contributed by atoms with Gasteiger partial charge in [0.25, 0.3) is 5.56 Å². The van der Waals surface area contributed by atoms with E-state index < -0.39 is 0 Å².